The molecule has 0 atom stereocenters. The molecule has 2 rings (SSSR count). The summed E-state index contributed by atoms with van der Waals surface area (Å²) in [6, 6.07) is 3.51. The van der Waals surface area contributed by atoms with Crippen molar-refractivity contribution in [2.45, 2.75) is 13.8 Å². The topological polar surface area (TPSA) is 81.0 Å². The van der Waals surface area contributed by atoms with Crippen LogP contribution in [0, 0.1) is 10.1 Å². The fourth-order valence-corrected chi connectivity index (χ4v) is 1.52. The number of aromatic nitrogens is 2. The van der Waals surface area contributed by atoms with Crippen molar-refractivity contribution in [1.29, 1.82) is 0 Å². The molecule has 0 aliphatic carbocycles. The maximum atomic E-state index is 10.8. The third-order valence-corrected chi connectivity index (χ3v) is 2.18. The first-order valence-electron chi connectivity index (χ1n) is 5.42. The third-order valence-electron chi connectivity index (χ3n) is 2.05. The molecule has 0 saturated heterocycles. The van der Waals surface area contributed by atoms with E-state index >= 15 is 0 Å². The molecule has 1 N–H and O–H groups in total. The van der Waals surface area contributed by atoms with Crippen molar-refractivity contribution < 1.29 is 4.92 Å². The number of hydrogen-bond acceptors (Lipinski definition) is 5. The van der Waals surface area contributed by atoms with Gasteiger partial charge in [-0.3, -0.25) is 15.1 Å². The SMILES string of the molecule is CC.O=[N+]([O-])c1cnc2cccnc2c1NCCl. The van der Waals surface area contributed by atoms with E-state index in [-0.39, 0.29) is 11.7 Å². The number of nitro groups is 1. The van der Waals surface area contributed by atoms with Gasteiger partial charge in [0.1, 0.15) is 17.4 Å². The molecule has 2 aromatic rings. The largest absolute Gasteiger partial charge is 0.364 e. The van der Waals surface area contributed by atoms with Gasteiger partial charge in [-0.1, -0.05) is 13.8 Å². The van der Waals surface area contributed by atoms with Crippen LogP contribution in [0.4, 0.5) is 11.4 Å². The van der Waals surface area contributed by atoms with E-state index in [1.807, 2.05) is 13.8 Å². The minimum absolute atomic E-state index is 0.0660. The summed E-state index contributed by atoms with van der Waals surface area (Å²) in [4.78, 5) is 18.3. The molecule has 96 valence electrons. The van der Waals surface area contributed by atoms with Gasteiger partial charge in [0.05, 0.1) is 16.4 Å². The number of nitrogens with zero attached hydrogens (tertiary/aromatic N) is 3. The van der Waals surface area contributed by atoms with Gasteiger partial charge in [0.2, 0.25) is 0 Å². The number of alkyl halides is 1. The molecule has 0 spiro atoms. The van der Waals surface area contributed by atoms with E-state index in [0.717, 1.165) is 0 Å². The Morgan fingerprint density at radius 3 is 2.78 bits per heavy atom. The van der Waals surface area contributed by atoms with Crippen molar-refractivity contribution >= 4 is 34.0 Å². The lowest BCUT2D eigenvalue weighted by Crippen LogP contribution is -2.02. The zero-order valence-electron chi connectivity index (χ0n) is 10.1. The summed E-state index contributed by atoms with van der Waals surface area (Å²) in [5, 5.41) is 13.5. The predicted molar refractivity (Wildman–Crippen MR) is 71.9 cm³/mol. The second kappa shape index (κ2) is 6.70. The molecule has 0 radical (unpaired) electrons. The number of nitrogens with one attached hydrogen (secondary N) is 1. The lowest BCUT2D eigenvalue weighted by atomic mass is 10.2. The molecule has 0 amide bonds. The molecular formula is C11H13ClN4O2. The van der Waals surface area contributed by atoms with E-state index in [2.05, 4.69) is 15.3 Å². The Morgan fingerprint density at radius 1 is 1.44 bits per heavy atom. The average molecular weight is 269 g/mol. The molecule has 0 aliphatic heterocycles. The molecule has 2 aromatic heterocycles. The minimum atomic E-state index is -0.518. The van der Waals surface area contributed by atoms with Crippen LogP contribution < -0.4 is 5.32 Å². The Labute approximate surface area is 109 Å². The van der Waals surface area contributed by atoms with Crippen LogP contribution in [0.1, 0.15) is 13.8 Å². The van der Waals surface area contributed by atoms with Crippen LogP contribution in [0.2, 0.25) is 0 Å². The van der Waals surface area contributed by atoms with Crippen LogP contribution in [0.5, 0.6) is 0 Å². The van der Waals surface area contributed by atoms with Crippen LogP contribution in [0.25, 0.3) is 11.0 Å². The molecule has 0 aliphatic rings. The third kappa shape index (κ3) is 2.84. The number of hydrogen-bond donors (Lipinski definition) is 1. The zero-order chi connectivity index (χ0) is 13.5. The maximum Gasteiger partial charge on any atom is 0.312 e. The van der Waals surface area contributed by atoms with Gasteiger partial charge in [-0.2, -0.15) is 0 Å². The molecule has 0 fully saturated rings. The van der Waals surface area contributed by atoms with Crippen molar-refractivity contribution in [2.75, 3.05) is 11.3 Å². The zero-order valence-corrected chi connectivity index (χ0v) is 10.8. The quantitative estimate of drug-likeness (QED) is 0.400. The average Bonchev–Trinajstić information content (AvgIpc) is 2.41. The lowest BCUT2D eigenvalue weighted by molar-refractivity contribution is -0.384. The van der Waals surface area contributed by atoms with Crippen LogP contribution in [0.15, 0.2) is 24.5 Å². The molecule has 0 unspecified atom stereocenters. The summed E-state index contributed by atoms with van der Waals surface area (Å²) in [6.07, 6.45) is 2.74. The molecule has 6 nitrogen and oxygen atoms in total. The molecule has 0 aromatic carbocycles. The van der Waals surface area contributed by atoms with Crippen LogP contribution >= 0.6 is 11.6 Å². The van der Waals surface area contributed by atoms with E-state index in [4.69, 9.17) is 11.6 Å². The van der Waals surface area contributed by atoms with Gasteiger partial charge in [0.25, 0.3) is 0 Å². The number of fused-ring (bicyclic) bond motifs is 1. The monoisotopic (exact) mass is 268 g/mol. The van der Waals surface area contributed by atoms with Crippen molar-refractivity contribution in [3.8, 4) is 0 Å². The summed E-state index contributed by atoms with van der Waals surface area (Å²) in [7, 11) is 0. The van der Waals surface area contributed by atoms with Gasteiger partial charge in [-0.05, 0) is 12.1 Å². The smallest absolute Gasteiger partial charge is 0.312 e. The number of halogens is 1. The Hall–Kier alpha value is -1.95. The summed E-state index contributed by atoms with van der Waals surface area (Å²) in [6.45, 7) is 4.00. The first-order chi connectivity index (χ1) is 8.74. The van der Waals surface area contributed by atoms with Crippen LogP contribution in [0.3, 0.4) is 0 Å². The minimum Gasteiger partial charge on any atom is -0.364 e. The fourth-order valence-electron chi connectivity index (χ4n) is 1.39. The van der Waals surface area contributed by atoms with Gasteiger partial charge in [-0.15, -0.1) is 11.6 Å². The van der Waals surface area contributed by atoms with Crippen LogP contribution in [-0.4, -0.2) is 20.9 Å². The van der Waals surface area contributed by atoms with Crippen molar-refractivity contribution in [2.24, 2.45) is 0 Å². The van der Waals surface area contributed by atoms with Gasteiger partial charge >= 0.3 is 5.69 Å². The Bertz CT molecular complexity index is 548. The standard InChI is InChI=1S/C9H7ClN4O2.C2H6/c10-5-13-9-7(14(15)16)4-12-6-2-1-3-11-8(6)9;1-2/h1-4H,5H2,(H,12,13);1-2H3. The second-order valence-electron chi connectivity index (χ2n) is 2.96. The summed E-state index contributed by atoms with van der Waals surface area (Å²) >= 11 is 5.53. The van der Waals surface area contributed by atoms with E-state index in [0.29, 0.717) is 16.7 Å². The molecular weight excluding hydrogens is 256 g/mol. The molecule has 0 bridgehead atoms. The first-order valence-corrected chi connectivity index (χ1v) is 5.95. The highest BCUT2D eigenvalue weighted by Crippen LogP contribution is 2.29. The highest BCUT2D eigenvalue weighted by molar-refractivity contribution is 6.19. The van der Waals surface area contributed by atoms with E-state index < -0.39 is 4.92 Å². The number of rotatable bonds is 3. The van der Waals surface area contributed by atoms with Crippen LogP contribution in [-0.2, 0) is 0 Å². The van der Waals surface area contributed by atoms with E-state index in [1.54, 1.807) is 18.3 Å². The van der Waals surface area contributed by atoms with Gasteiger partial charge in [0.15, 0.2) is 0 Å². The molecule has 7 heteroatoms. The Morgan fingerprint density at radius 2 is 2.17 bits per heavy atom. The van der Waals surface area contributed by atoms with Crippen molar-refractivity contribution in [3.05, 3.63) is 34.6 Å². The second-order valence-corrected chi connectivity index (χ2v) is 3.22. The fraction of sp³-hybridized carbons (Fsp3) is 0.273. The molecule has 0 saturated carbocycles. The lowest BCUT2D eigenvalue weighted by Gasteiger charge is -2.05. The Balaban J connectivity index is 0.000000771. The van der Waals surface area contributed by atoms with Gasteiger partial charge in [0, 0.05) is 6.20 Å². The normalized spacial score (nSPS) is 9.50. The summed E-state index contributed by atoms with van der Waals surface area (Å²) in [5.41, 5.74) is 1.19. The van der Waals surface area contributed by atoms with Crippen molar-refractivity contribution in [3.63, 3.8) is 0 Å². The van der Waals surface area contributed by atoms with E-state index in [1.165, 1.54) is 6.20 Å². The number of pyridine rings is 2. The molecule has 18 heavy (non-hydrogen) atoms. The van der Waals surface area contributed by atoms with Gasteiger partial charge in [-0.25, -0.2) is 4.98 Å². The number of anilines is 1. The van der Waals surface area contributed by atoms with E-state index in [9.17, 15) is 10.1 Å². The predicted octanol–water partition coefficient (Wildman–Crippen LogP) is 3.17. The molecule has 2 heterocycles. The van der Waals surface area contributed by atoms with Crippen molar-refractivity contribution in [1.82, 2.24) is 9.97 Å². The highest BCUT2D eigenvalue weighted by Gasteiger charge is 2.18. The summed E-state index contributed by atoms with van der Waals surface area (Å²) in [5.74, 6) is 0. The first kappa shape index (κ1) is 14.1. The Kier molecular flexibility index (Phi) is 5.26. The maximum absolute atomic E-state index is 10.8. The summed E-state index contributed by atoms with van der Waals surface area (Å²) < 4.78 is 0. The highest BCUT2D eigenvalue weighted by atomic mass is 35.5. The van der Waals surface area contributed by atoms with Gasteiger partial charge < -0.3 is 5.32 Å².